The number of hydrogen-bond donors (Lipinski definition) is 2. The molecule has 1 aliphatic heterocycles. The highest BCUT2D eigenvalue weighted by molar-refractivity contribution is 6.05. The van der Waals surface area contributed by atoms with E-state index in [1.165, 1.54) is 32.1 Å². The monoisotopic (exact) mass is 224 g/mol. The average Bonchev–Trinajstić information content (AvgIpc) is 2.59. The molecule has 2 aliphatic rings. The first kappa shape index (κ1) is 11.6. The van der Waals surface area contributed by atoms with Crippen LogP contribution in [0.3, 0.4) is 0 Å². The summed E-state index contributed by atoms with van der Waals surface area (Å²) in [5.41, 5.74) is 0. The van der Waals surface area contributed by atoms with Gasteiger partial charge in [-0.1, -0.05) is 19.3 Å². The molecule has 1 unspecified atom stereocenters. The van der Waals surface area contributed by atoms with Crippen LogP contribution in [0.1, 0.15) is 45.4 Å². The molecule has 2 N–H and O–H groups in total. The lowest BCUT2D eigenvalue weighted by Gasteiger charge is -2.29. The minimum atomic E-state index is -0.301. The highest BCUT2D eigenvalue weighted by Gasteiger charge is 2.32. The summed E-state index contributed by atoms with van der Waals surface area (Å²) in [4.78, 5) is 22.5. The van der Waals surface area contributed by atoms with Gasteiger partial charge in [0.05, 0.1) is 12.5 Å². The van der Waals surface area contributed by atoms with Gasteiger partial charge in [0, 0.05) is 6.04 Å². The van der Waals surface area contributed by atoms with Gasteiger partial charge < -0.3 is 5.32 Å². The maximum atomic E-state index is 11.4. The Morgan fingerprint density at radius 3 is 2.50 bits per heavy atom. The molecule has 16 heavy (non-hydrogen) atoms. The van der Waals surface area contributed by atoms with Gasteiger partial charge in [-0.2, -0.15) is 0 Å². The number of carbonyl (C=O) groups is 2. The molecule has 2 rings (SSSR count). The Labute approximate surface area is 96.2 Å². The second-order valence-corrected chi connectivity index (χ2v) is 5.02. The number of imide groups is 1. The summed E-state index contributed by atoms with van der Waals surface area (Å²) in [5.74, 6) is 0.350. The van der Waals surface area contributed by atoms with E-state index >= 15 is 0 Å². The molecule has 4 nitrogen and oxygen atoms in total. The lowest BCUT2D eigenvalue weighted by Crippen LogP contribution is -2.45. The molecule has 4 heteroatoms. The van der Waals surface area contributed by atoms with E-state index in [9.17, 15) is 9.59 Å². The van der Waals surface area contributed by atoms with Crippen molar-refractivity contribution in [2.24, 2.45) is 5.92 Å². The summed E-state index contributed by atoms with van der Waals surface area (Å²) >= 11 is 0. The zero-order valence-corrected chi connectivity index (χ0v) is 9.79. The number of amides is 2. The molecular formula is C12H20N2O2. The van der Waals surface area contributed by atoms with Gasteiger partial charge in [0.2, 0.25) is 11.8 Å². The summed E-state index contributed by atoms with van der Waals surface area (Å²) in [6, 6.07) is 0.0337. The molecule has 2 atom stereocenters. The minimum absolute atomic E-state index is 0.154. The van der Waals surface area contributed by atoms with E-state index in [0.29, 0.717) is 18.4 Å². The molecule has 0 radical (unpaired) electrons. The maximum absolute atomic E-state index is 11.4. The summed E-state index contributed by atoms with van der Waals surface area (Å²) in [6.07, 6.45) is 6.73. The van der Waals surface area contributed by atoms with Crippen LogP contribution < -0.4 is 10.6 Å². The molecule has 90 valence electrons. The van der Waals surface area contributed by atoms with Crippen LogP contribution in [0.5, 0.6) is 0 Å². The first-order valence-corrected chi connectivity index (χ1v) is 6.26. The second-order valence-electron chi connectivity index (χ2n) is 5.02. The van der Waals surface area contributed by atoms with Crippen LogP contribution in [0.2, 0.25) is 0 Å². The first-order chi connectivity index (χ1) is 7.66. The first-order valence-electron chi connectivity index (χ1n) is 6.26. The van der Waals surface area contributed by atoms with Crippen LogP contribution in [0.15, 0.2) is 0 Å². The molecule has 1 heterocycles. The number of nitrogens with one attached hydrogen (secondary N) is 2. The molecule has 1 saturated carbocycles. The van der Waals surface area contributed by atoms with Gasteiger partial charge in [0.15, 0.2) is 0 Å². The van der Waals surface area contributed by atoms with Crippen molar-refractivity contribution in [1.82, 2.24) is 10.6 Å². The third-order valence-corrected chi connectivity index (χ3v) is 3.79. The van der Waals surface area contributed by atoms with Gasteiger partial charge in [-0.25, -0.2) is 0 Å². The van der Waals surface area contributed by atoms with Crippen LogP contribution in [0.4, 0.5) is 0 Å². The van der Waals surface area contributed by atoms with Crippen LogP contribution in [-0.2, 0) is 9.59 Å². The van der Waals surface area contributed by atoms with E-state index in [-0.39, 0.29) is 17.9 Å². The predicted octanol–water partition coefficient (Wildman–Crippen LogP) is 0.960. The molecule has 0 spiro atoms. The lowest BCUT2D eigenvalue weighted by molar-refractivity contribution is -0.125. The van der Waals surface area contributed by atoms with Crippen molar-refractivity contribution in [3.63, 3.8) is 0 Å². The third-order valence-electron chi connectivity index (χ3n) is 3.79. The Kier molecular flexibility index (Phi) is 3.59. The zero-order valence-electron chi connectivity index (χ0n) is 9.79. The van der Waals surface area contributed by atoms with Crippen LogP contribution in [0.25, 0.3) is 0 Å². The Morgan fingerprint density at radius 1 is 1.25 bits per heavy atom. The van der Waals surface area contributed by atoms with E-state index in [4.69, 9.17) is 0 Å². The lowest BCUT2D eigenvalue weighted by atomic mass is 9.84. The molecular weight excluding hydrogens is 204 g/mol. The minimum Gasteiger partial charge on any atom is -0.303 e. The largest absolute Gasteiger partial charge is 0.303 e. The highest BCUT2D eigenvalue weighted by atomic mass is 16.2. The summed E-state index contributed by atoms with van der Waals surface area (Å²) in [5, 5.41) is 5.63. The van der Waals surface area contributed by atoms with Crippen molar-refractivity contribution in [3.8, 4) is 0 Å². The number of carbonyl (C=O) groups excluding carboxylic acids is 2. The van der Waals surface area contributed by atoms with Gasteiger partial charge in [-0.3, -0.25) is 14.9 Å². The zero-order chi connectivity index (χ0) is 11.5. The number of rotatable bonds is 3. The molecule has 1 saturated heterocycles. The quantitative estimate of drug-likeness (QED) is 0.702. The molecule has 2 fully saturated rings. The SMILES string of the molecule is C[C@H](NC1CC(=O)NC1=O)C1CCCCC1. The Morgan fingerprint density at radius 2 is 1.94 bits per heavy atom. The van der Waals surface area contributed by atoms with Crippen molar-refractivity contribution in [3.05, 3.63) is 0 Å². The molecule has 2 amide bonds. The topological polar surface area (TPSA) is 58.2 Å². The Balaban J connectivity index is 1.84. The Bertz CT molecular complexity index is 285. The molecule has 0 aromatic heterocycles. The maximum Gasteiger partial charge on any atom is 0.244 e. The van der Waals surface area contributed by atoms with Crippen LogP contribution >= 0.6 is 0 Å². The van der Waals surface area contributed by atoms with E-state index in [0.717, 1.165) is 0 Å². The molecule has 1 aliphatic carbocycles. The predicted molar refractivity (Wildman–Crippen MR) is 60.7 cm³/mol. The highest BCUT2D eigenvalue weighted by Crippen LogP contribution is 2.26. The van der Waals surface area contributed by atoms with E-state index in [2.05, 4.69) is 17.6 Å². The third kappa shape index (κ3) is 2.61. The van der Waals surface area contributed by atoms with Gasteiger partial charge in [-0.05, 0) is 25.7 Å². The van der Waals surface area contributed by atoms with Crippen molar-refractivity contribution in [2.45, 2.75) is 57.5 Å². The van der Waals surface area contributed by atoms with Crippen molar-refractivity contribution < 1.29 is 9.59 Å². The molecule has 0 bridgehead atoms. The van der Waals surface area contributed by atoms with Gasteiger partial charge in [0.25, 0.3) is 0 Å². The average molecular weight is 224 g/mol. The fourth-order valence-corrected chi connectivity index (χ4v) is 2.78. The van der Waals surface area contributed by atoms with E-state index in [1.54, 1.807) is 0 Å². The van der Waals surface area contributed by atoms with Gasteiger partial charge >= 0.3 is 0 Å². The fraction of sp³-hybridized carbons (Fsp3) is 0.833. The van der Waals surface area contributed by atoms with E-state index in [1.807, 2.05) is 0 Å². The standard InChI is InChI=1S/C12H20N2O2/c1-8(9-5-3-2-4-6-9)13-10-7-11(15)14-12(10)16/h8-10,13H,2-7H2,1H3,(H,14,15,16)/t8-,10?/m0/s1. The summed E-state index contributed by atoms with van der Waals surface area (Å²) in [7, 11) is 0. The normalized spacial score (nSPS) is 29.2. The molecule has 0 aromatic rings. The molecule has 0 aromatic carbocycles. The second kappa shape index (κ2) is 4.95. The van der Waals surface area contributed by atoms with E-state index < -0.39 is 0 Å². The number of hydrogen-bond acceptors (Lipinski definition) is 3. The fourth-order valence-electron chi connectivity index (χ4n) is 2.78. The van der Waals surface area contributed by atoms with Crippen LogP contribution in [0, 0.1) is 5.92 Å². The summed E-state index contributed by atoms with van der Waals surface area (Å²) < 4.78 is 0. The van der Waals surface area contributed by atoms with Crippen molar-refractivity contribution in [1.29, 1.82) is 0 Å². The van der Waals surface area contributed by atoms with Crippen molar-refractivity contribution >= 4 is 11.8 Å². The van der Waals surface area contributed by atoms with Gasteiger partial charge in [-0.15, -0.1) is 0 Å². The van der Waals surface area contributed by atoms with Crippen LogP contribution in [-0.4, -0.2) is 23.9 Å². The Hall–Kier alpha value is -0.900. The van der Waals surface area contributed by atoms with Crippen molar-refractivity contribution in [2.75, 3.05) is 0 Å². The van der Waals surface area contributed by atoms with Gasteiger partial charge in [0.1, 0.15) is 0 Å². The smallest absolute Gasteiger partial charge is 0.244 e. The summed E-state index contributed by atoms with van der Waals surface area (Å²) in [6.45, 7) is 2.13.